The molecule has 3 rings (SSSR count). The van der Waals surface area contributed by atoms with Crippen molar-refractivity contribution in [3.63, 3.8) is 0 Å². The molecule has 0 atom stereocenters. The molecule has 140 valence electrons. The Labute approximate surface area is 158 Å². The van der Waals surface area contributed by atoms with Crippen LogP contribution < -0.4 is 5.32 Å². The van der Waals surface area contributed by atoms with Crippen molar-refractivity contribution >= 4 is 22.9 Å². The third kappa shape index (κ3) is 4.34. The van der Waals surface area contributed by atoms with Crippen LogP contribution in [0.4, 0.5) is 0 Å². The molecule has 0 unspecified atom stereocenters. The van der Waals surface area contributed by atoms with Crippen molar-refractivity contribution < 1.29 is 14.3 Å². The van der Waals surface area contributed by atoms with Gasteiger partial charge < -0.3 is 10.1 Å². The van der Waals surface area contributed by atoms with Crippen LogP contribution in [0.15, 0.2) is 48.8 Å². The Morgan fingerprint density at radius 2 is 1.81 bits per heavy atom. The lowest BCUT2D eigenvalue weighted by molar-refractivity contribution is -0.153. The second-order valence-electron chi connectivity index (χ2n) is 7.33. The van der Waals surface area contributed by atoms with E-state index in [0.29, 0.717) is 5.56 Å². The molecule has 0 saturated heterocycles. The number of nitrogens with one attached hydrogen (secondary N) is 1. The number of benzene rings is 2. The lowest BCUT2D eigenvalue weighted by atomic mass is 10.1. The number of aromatic nitrogens is 2. The number of imidazole rings is 1. The number of rotatable bonds is 4. The SMILES string of the molecule is CNC(=O)c1ccc2c(c1)ncn2-c1ccc(CC(=O)OC(C)(C)C)cc1. The van der Waals surface area contributed by atoms with Crippen molar-refractivity contribution in [1.82, 2.24) is 14.9 Å². The van der Waals surface area contributed by atoms with E-state index in [9.17, 15) is 9.59 Å². The lowest BCUT2D eigenvalue weighted by Crippen LogP contribution is -2.24. The number of esters is 1. The molecule has 0 aliphatic heterocycles. The molecule has 1 heterocycles. The fourth-order valence-corrected chi connectivity index (χ4v) is 2.82. The van der Waals surface area contributed by atoms with Gasteiger partial charge in [-0.25, -0.2) is 4.98 Å². The fourth-order valence-electron chi connectivity index (χ4n) is 2.82. The number of nitrogens with zero attached hydrogens (tertiary/aromatic N) is 2. The third-order valence-electron chi connectivity index (χ3n) is 4.02. The van der Waals surface area contributed by atoms with Crippen molar-refractivity contribution in [3.05, 3.63) is 59.9 Å². The van der Waals surface area contributed by atoms with E-state index < -0.39 is 5.60 Å². The van der Waals surface area contributed by atoms with Crippen molar-refractivity contribution in [2.24, 2.45) is 0 Å². The number of carbonyl (C=O) groups excluding carboxylic acids is 2. The van der Waals surface area contributed by atoms with Crippen LogP contribution in [-0.2, 0) is 16.0 Å². The second kappa shape index (κ2) is 7.23. The molecular formula is C21H23N3O3. The first-order valence-corrected chi connectivity index (χ1v) is 8.77. The number of hydrogen-bond acceptors (Lipinski definition) is 4. The summed E-state index contributed by atoms with van der Waals surface area (Å²) in [6.07, 6.45) is 1.96. The van der Waals surface area contributed by atoms with E-state index >= 15 is 0 Å². The van der Waals surface area contributed by atoms with Crippen molar-refractivity contribution in [3.8, 4) is 5.69 Å². The molecule has 1 aromatic heterocycles. The summed E-state index contributed by atoms with van der Waals surface area (Å²) in [5, 5.41) is 2.61. The van der Waals surface area contributed by atoms with Gasteiger partial charge >= 0.3 is 5.97 Å². The van der Waals surface area contributed by atoms with Crippen LogP contribution in [-0.4, -0.2) is 34.1 Å². The van der Waals surface area contributed by atoms with Crippen LogP contribution >= 0.6 is 0 Å². The molecule has 0 bridgehead atoms. The molecule has 0 aliphatic rings. The van der Waals surface area contributed by atoms with Crippen molar-refractivity contribution in [2.45, 2.75) is 32.8 Å². The van der Waals surface area contributed by atoms with Crippen LogP contribution in [0, 0.1) is 0 Å². The van der Waals surface area contributed by atoms with Gasteiger partial charge in [-0.2, -0.15) is 0 Å². The molecule has 6 heteroatoms. The van der Waals surface area contributed by atoms with Gasteiger partial charge in [0.25, 0.3) is 5.91 Å². The van der Waals surface area contributed by atoms with Gasteiger partial charge in [-0.1, -0.05) is 12.1 Å². The molecule has 0 saturated carbocycles. The molecule has 1 N–H and O–H groups in total. The average molecular weight is 365 g/mol. The number of amides is 1. The van der Waals surface area contributed by atoms with E-state index in [1.165, 1.54) is 0 Å². The summed E-state index contributed by atoms with van der Waals surface area (Å²) in [5.74, 6) is -0.386. The molecule has 3 aromatic rings. The maximum atomic E-state index is 12.0. The highest BCUT2D eigenvalue weighted by atomic mass is 16.6. The van der Waals surface area contributed by atoms with Gasteiger partial charge in [0.05, 0.1) is 17.5 Å². The zero-order valence-corrected chi connectivity index (χ0v) is 15.9. The van der Waals surface area contributed by atoms with E-state index in [1.54, 1.807) is 25.5 Å². The summed E-state index contributed by atoms with van der Waals surface area (Å²) in [6.45, 7) is 5.56. The minimum atomic E-state index is -0.486. The minimum Gasteiger partial charge on any atom is -0.460 e. The summed E-state index contributed by atoms with van der Waals surface area (Å²) in [4.78, 5) is 28.1. The summed E-state index contributed by atoms with van der Waals surface area (Å²) >= 11 is 0. The smallest absolute Gasteiger partial charge is 0.310 e. The maximum Gasteiger partial charge on any atom is 0.310 e. The van der Waals surface area contributed by atoms with Crippen LogP contribution in [0.2, 0.25) is 0 Å². The van der Waals surface area contributed by atoms with Crippen molar-refractivity contribution in [1.29, 1.82) is 0 Å². The lowest BCUT2D eigenvalue weighted by Gasteiger charge is -2.19. The predicted molar refractivity (Wildman–Crippen MR) is 104 cm³/mol. The van der Waals surface area contributed by atoms with Gasteiger partial charge in [0.15, 0.2) is 0 Å². The Bertz CT molecular complexity index is 982. The fraction of sp³-hybridized carbons (Fsp3) is 0.286. The summed E-state index contributed by atoms with van der Waals surface area (Å²) in [6, 6.07) is 13.1. The zero-order chi connectivity index (χ0) is 19.6. The van der Waals surface area contributed by atoms with Crippen LogP contribution in [0.3, 0.4) is 0 Å². The van der Waals surface area contributed by atoms with Gasteiger partial charge in [0.2, 0.25) is 0 Å². The Balaban J connectivity index is 1.81. The van der Waals surface area contributed by atoms with Crippen LogP contribution in [0.1, 0.15) is 36.7 Å². The van der Waals surface area contributed by atoms with Gasteiger partial charge in [-0.3, -0.25) is 14.2 Å². The van der Waals surface area contributed by atoms with Gasteiger partial charge in [0.1, 0.15) is 11.9 Å². The third-order valence-corrected chi connectivity index (χ3v) is 4.02. The highest BCUT2D eigenvalue weighted by Crippen LogP contribution is 2.20. The molecule has 0 fully saturated rings. The highest BCUT2D eigenvalue weighted by Gasteiger charge is 2.16. The quantitative estimate of drug-likeness (QED) is 0.720. The normalized spacial score (nSPS) is 11.4. The molecule has 0 radical (unpaired) electrons. The van der Waals surface area contributed by atoms with Crippen LogP contribution in [0.5, 0.6) is 0 Å². The Hall–Kier alpha value is -3.15. The molecule has 0 spiro atoms. The zero-order valence-electron chi connectivity index (χ0n) is 15.9. The monoisotopic (exact) mass is 365 g/mol. The largest absolute Gasteiger partial charge is 0.460 e. The molecule has 2 aromatic carbocycles. The summed E-state index contributed by atoms with van der Waals surface area (Å²) in [5.41, 5.74) is 3.55. The molecule has 6 nitrogen and oxygen atoms in total. The Morgan fingerprint density at radius 3 is 2.44 bits per heavy atom. The van der Waals surface area contributed by atoms with Crippen molar-refractivity contribution in [2.75, 3.05) is 7.05 Å². The Kier molecular flexibility index (Phi) is 4.99. The predicted octanol–water partition coefficient (Wildman–Crippen LogP) is 3.27. The first-order chi connectivity index (χ1) is 12.8. The van der Waals surface area contributed by atoms with E-state index in [1.807, 2.05) is 55.7 Å². The molecule has 0 aliphatic carbocycles. The first kappa shape index (κ1) is 18.6. The Morgan fingerprint density at radius 1 is 1.11 bits per heavy atom. The summed E-state index contributed by atoms with van der Waals surface area (Å²) < 4.78 is 7.30. The van der Waals surface area contributed by atoms with Crippen LogP contribution in [0.25, 0.3) is 16.7 Å². The topological polar surface area (TPSA) is 73.2 Å². The molecule has 1 amide bonds. The number of ether oxygens (including phenoxy) is 1. The van der Waals surface area contributed by atoms with Gasteiger partial charge in [-0.05, 0) is 56.7 Å². The first-order valence-electron chi connectivity index (χ1n) is 8.77. The minimum absolute atomic E-state index is 0.141. The number of hydrogen-bond donors (Lipinski definition) is 1. The van der Waals surface area contributed by atoms with E-state index in [4.69, 9.17) is 4.74 Å². The molecule has 27 heavy (non-hydrogen) atoms. The van der Waals surface area contributed by atoms with E-state index in [2.05, 4.69) is 10.3 Å². The maximum absolute atomic E-state index is 12.0. The standard InChI is InChI=1S/C21H23N3O3/c1-21(2,3)27-19(25)11-14-5-8-16(9-6-14)24-13-23-17-12-15(20(26)22-4)7-10-18(17)24/h5-10,12-13H,11H2,1-4H3,(H,22,26). The molecular weight excluding hydrogens is 342 g/mol. The highest BCUT2D eigenvalue weighted by molar-refractivity contribution is 5.97. The number of fused-ring (bicyclic) bond motifs is 1. The van der Waals surface area contributed by atoms with E-state index in [0.717, 1.165) is 22.3 Å². The van der Waals surface area contributed by atoms with Gasteiger partial charge in [0, 0.05) is 18.3 Å². The summed E-state index contributed by atoms with van der Waals surface area (Å²) in [7, 11) is 1.60. The number of carbonyl (C=O) groups is 2. The van der Waals surface area contributed by atoms with E-state index in [-0.39, 0.29) is 18.3 Å². The van der Waals surface area contributed by atoms with Gasteiger partial charge in [-0.15, -0.1) is 0 Å². The average Bonchev–Trinajstić information content (AvgIpc) is 3.03. The second-order valence-corrected chi connectivity index (χ2v) is 7.33.